The maximum absolute atomic E-state index is 11.7. The number of aromatic nitrogens is 3. The summed E-state index contributed by atoms with van der Waals surface area (Å²) < 4.78 is 8.66. The summed E-state index contributed by atoms with van der Waals surface area (Å²) in [4.78, 5) is 24.8. The minimum atomic E-state index is 0.122. The highest BCUT2D eigenvalue weighted by molar-refractivity contribution is 9.10. The average Bonchev–Trinajstić information content (AvgIpc) is 3.15. The van der Waals surface area contributed by atoms with Crippen LogP contribution in [0.4, 0.5) is 17.2 Å². The number of benzene rings is 1. The number of nitrogens with one attached hydrogen (secondary N) is 1. The summed E-state index contributed by atoms with van der Waals surface area (Å²) in [5.74, 6) is 1.63. The van der Waals surface area contributed by atoms with Gasteiger partial charge in [0.2, 0.25) is 5.91 Å². The number of rotatable bonds is 2. The van der Waals surface area contributed by atoms with E-state index in [0.717, 1.165) is 40.5 Å². The van der Waals surface area contributed by atoms with Crippen molar-refractivity contribution >= 4 is 44.7 Å². The first kappa shape index (κ1) is 17.3. The van der Waals surface area contributed by atoms with E-state index in [4.69, 9.17) is 4.74 Å². The molecule has 1 N–H and O–H groups in total. The van der Waals surface area contributed by atoms with E-state index in [0.29, 0.717) is 19.0 Å². The molecule has 8 nitrogen and oxygen atoms in total. The number of carbonyl (C=O) groups excluding carboxylic acids is 1. The first-order chi connectivity index (χ1) is 13.6. The lowest BCUT2D eigenvalue weighted by atomic mass is 10.1. The van der Waals surface area contributed by atoms with Gasteiger partial charge < -0.3 is 24.3 Å². The van der Waals surface area contributed by atoms with Crippen LogP contribution in [0, 0.1) is 0 Å². The molecule has 5 rings (SSSR count). The molecule has 0 unspecified atom stereocenters. The van der Waals surface area contributed by atoms with Gasteiger partial charge in [-0.3, -0.25) is 4.79 Å². The number of imidazole rings is 1. The molecule has 3 aromatic rings. The summed E-state index contributed by atoms with van der Waals surface area (Å²) in [6.07, 6.45) is 5.49. The second-order valence-electron chi connectivity index (χ2n) is 7.00. The Labute approximate surface area is 170 Å². The maximum atomic E-state index is 11.7. The van der Waals surface area contributed by atoms with Crippen LogP contribution in [0.5, 0.6) is 5.75 Å². The van der Waals surface area contributed by atoms with Gasteiger partial charge in [0.15, 0.2) is 11.5 Å². The molecule has 4 heterocycles. The van der Waals surface area contributed by atoms with Crippen LogP contribution in [0.15, 0.2) is 41.4 Å². The fourth-order valence-electron chi connectivity index (χ4n) is 3.85. The third-order valence-corrected chi connectivity index (χ3v) is 5.62. The number of anilines is 3. The standard InChI is InChI=1S/C19H19BrN6O2/c1-12(27)24-6-7-26-14(9-24)11-28-16-8-13(2-3-15(16)26)22-18-19-21-4-5-25(19)10-17(20)23-18/h2-5,8,10,14H,6-7,9,11H2,1H3,(H,22,23)/t14-/m0/s1. The lowest BCUT2D eigenvalue weighted by Gasteiger charge is -2.45. The summed E-state index contributed by atoms with van der Waals surface area (Å²) >= 11 is 3.44. The molecule has 0 radical (unpaired) electrons. The molecule has 2 aliphatic heterocycles. The summed E-state index contributed by atoms with van der Waals surface area (Å²) in [5.41, 5.74) is 2.70. The Hall–Kier alpha value is -2.81. The fraction of sp³-hybridized carbons (Fsp3) is 0.316. The second-order valence-corrected chi connectivity index (χ2v) is 7.81. The van der Waals surface area contributed by atoms with Crippen molar-refractivity contribution in [3.63, 3.8) is 0 Å². The molecule has 1 fully saturated rings. The molecule has 144 valence electrons. The highest BCUT2D eigenvalue weighted by atomic mass is 79.9. The second kappa shape index (κ2) is 6.66. The number of hydrogen-bond donors (Lipinski definition) is 1. The predicted molar refractivity (Wildman–Crippen MR) is 109 cm³/mol. The van der Waals surface area contributed by atoms with Gasteiger partial charge in [-0.25, -0.2) is 9.97 Å². The Morgan fingerprint density at radius 2 is 2.25 bits per heavy atom. The molecule has 1 aromatic carbocycles. The van der Waals surface area contributed by atoms with Crippen LogP contribution in [0.25, 0.3) is 5.65 Å². The highest BCUT2D eigenvalue weighted by Gasteiger charge is 2.33. The minimum Gasteiger partial charge on any atom is -0.489 e. The zero-order valence-corrected chi connectivity index (χ0v) is 16.9. The van der Waals surface area contributed by atoms with Crippen molar-refractivity contribution in [2.45, 2.75) is 13.0 Å². The Bertz CT molecular complexity index is 1070. The SMILES string of the molecule is CC(=O)N1CCN2c3ccc(Nc4nc(Br)cn5ccnc45)cc3OC[C@@H]2C1. The molecular weight excluding hydrogens is 424 g/mol. The van der Waals surface area contributed by atoms with E-state index >= 15 is 0 Å². The van der Waals surface area contributed by atoms with E-state index in [1.807, 2.05) is 33.8 Å². The van der Waals surface area contributed by atoms with E-state index in [1.54, 1.807) is 13.1 Å². The Morgan fingerprint density at radius 1 is 1.36 bits per heavy atom. The number of hydrogen-bond acceptors (Lipinski definition) is 6. The molecule has 1 saturated heterocycles. The van der Waals surface area contributed by atoms with Crippen molar-refractivity contribution in [2.24, 2.45) is 0 Å². The number of halogens is 1. The van der Waals surface area contributed by atoms with Crippen LogP contribution in [0.3, 0.4) is 0 Å². The topological polar surface area (TPSA) is 75.0 Å². The summed E-state index contributed by atoms with van der Waals surface area (Å²) in [6, 6.07) is 6.27. The van der Waals surface area contributed by atoms with Crippen LogP contribution >= 0.6 is 15.9 Å². The van der Waals surface area contributed by atoms with Gasteiger partial charge in [-0.15, -0.1) is 0 Å². The summed E-state index contributed by atoms with van der Waals surface area (Å²) in [7, 11) is 0. The van der Waals surface area contributed by atoms with Crippen LogP contribution in [0.1, 0.15) is 6.92 Å². The van der Waals surface area contributed by atoms with E-state index in [2.05, 4.69) is 42.2 Å². The predicted octanol–water partition coefficient (Wildman–Crippen LogP) is 2.66. The van der Waals surface area contributed by atoms with Gasteiger partial charge in [0.25, 0.3) is 0 Å². The smallest absolute Gasteiger partial charge is 0.219 e. The normalized spacial score (nSPS) is 18.4. The number of amides is 1. The molecule has 28 heavy (non-hydrogen) atoms. The molecule has 9 heteroatoms. The Kier molecular flexibility index (Phi) is 4.12. The highest BCUT2D eigenvalue weighted by Crippen LogP contribution is 2.38. The van der Waals surface area contributed by atoms with Crippen molar-refractivity contribution in [1.29, 1.82) is 0 Å². The van der Waals surface area contributed by atoms with Crippen LogP contribution in [-0.2, 0) is 4.79 Å². The van der Waals surface area contributed by atoms with E-state index in [1.165, 1.54) is 0 Å². The van der Waals surface area contributed by atoms with Crippen LogP contribution in [0.2, 0.25) is 0 Å². The number of piperazine rings is 1. The van der Waals surface area contributed by atoms with Gasteiger partial charge >= 0.3 is 0 Å². The molecule has 2 aliphatic rings. The van der Waals surface area contributed by atoms with Crippen molar-refractivity contribution < 1.29 is 9.53 Å². The quantitative estimate of drug-likeness (QED) is 0.657. The Balaban J connectivity index is 1.41. The van der Waals surface area contributed by atoms with Crippen molar-refractivity contribution in [3.05, 3.63) is 41.4 Å². The molecule has 1 amide bonds. The molecule has 0 saturated carbocycles. The van der Waals surface area contributed by atoms with E-state index < -0.39 is 0 Å². The summed E-state index contributed by atoms with van der Waals surface area (Å²) in [6.45, 7) is 4.45. The van der Waals surface area contributed by atoms with Gasteiger partial charge in [0, 0.05) is 56.9 Å². The Morgan fingerprint density at radius 3 is 3.11 bits per heavy atom. The maximum Gasteiger partial charge on any atom is 0.219 e. The zero-order chi connectivity index (χ0) is 19.3. The molecular formula is C19H19BrN6O2. The van der Waals surface area contributed by atoms with E-state index in [-0.39, 0.29) is 11.9 Å². The van der Waals surface area contributed by atoms with Crippen molar-refractivity contribution in [2.75, 3.05) is 36.5 Å². The van der Waals surface area contributed by atoms with Crippen molar-refractivity contribution in [3.8, 4) is 5.75 Å². The van der Waals surface area contributed by atoms with Gasteiger partial charge in [0.1, 0.15) is 17.0 Å². The molecule has 0 aliphatic carbocycles. The number of ether oxygens (including phenoxy) is 1. The monoisotopic (exact) mass is 442 g/mol. The molecule has 0 spiro atoms. The number of carbonyl (C=O) groups is 1. The summed E-state index contributed by atoms with van der Waals surface area (Å²) in [5, 5.41) is 3.34. The number of nitrogens with zero attached hydrogens (tertiary/aromatic N) is 5. The van der Waals surface area contributed by atoms with Crippen LogP contribution in [-0.4, -0.2) is 57.5 Å². The van der Waals surface area contributed by atoms with Gasteiger partial charge in [-0.05, 0) is 28.1 Å². The molecule has 1 atom stereocenters. The first-order valence-corrected chi connectivity index (χ1v) is 9.93. The average molecular weight is 443 g/mol. The minimum absolute atomic E-state index is 0.122. The van der Waals surface area contributed by atoms with Crippen molar-refractivity contribution in [1.82, 2.24) is 19.3 Å². The lowest BCUT2D eigenvalue weighted by Crippen LogP contribution is -2.58. The molecule has 2 aromatic heterocycles. The van der Waals surface area contributed by atoms with Gasteiger partial charge in [0.05, 0.1) is 11.7 Å². The van der Waals surface area contributed by atoms with Crippen LogP contribution < -0.4 is 15.0 Å². The lowest BCUT2D eigenvalue weighted by molar-refractivity contribution is -0.129. The zero-order valence-electron chi connectivity index (χ0n) is 15.3. The number of fused-ring (bicyclic) bond motifs is 4. The van der Waals surface area contributed by atoms with E-state index in [9.17, 15) is 4.79 Å². The van der Waals surface area contributed by atoms with Gasteiger partial charge in [-0.1, -0.05) is 0 Å². The third-order valence-electron chi connectivity index (χ3n) is 5.24. The largest absolute Gasteiger partial charge is 0.489 e. The van der Waals surface area contributed by atoms with Gasteiger partial charge in [-0.2, -0.15) is 0 Å². The first-order valence-electron chi connectivity index (χ1n) is 9.14. The third kappa shape index (κ3) is 2.95. The fourth-order valence-corrected chi connectivity index (χ4v) is 4.25. The molecule has 0 bridgehead atoms.